The number of benzene rings is 2. The molecule has 0 N–H and O–H groups in total. The van der Waals surface area contributed by atoms with Crippen molar-refractivity contribution in [2.75, 3.05) is 0 Å². The van der Waals surface area contributed by atoms with Crippen molar-refractivity contribution in [3.05, 3.63) is 69.8 Å². The van der Waals surface area contributed by atoms with Gasteiger partial charge in [-0.15, -0.1) is 0 Å². The largest absolute Gasteiger partial charge is 0.269 e. The summed E-state index contributed by atoms with van der Waals surface area (Å²) in [6, 6.07) is 13.9. The van der Waals surface area contributed by atoms with Crippen LogP contribution in [0, 0.1) is 17.0 Å². The van der Waals surface area contributed by atoms with Crippen LogP contribution in [-0.4, -0.2) is 4.92 Å². The number of nitrogens with zero attached hydrogens (tertiary/aromatic N) is 3. The summed E-state index contributed by atoms with van der Waals surface area (Å²) in [5.41, 5.74) is 2.70. The smallest absolute Gasteiger partial charge is 0.258 e. The second-order valence-corrected chi connectivity index (χ2v) is 4.53. The molecule has 2 aromatic rings. The highest BCUT2D eigenvalue weighted by Gasteiger charge is 2.10. The Hall–Kier alpha value is -2.56. The lowest BCUT2D eigenvalue weighted by atomic mass is 10.1. The van der Waals surface area contributed by atoms with E-state index in [1.165, 1.54) is 12.1 Å². The van der Waals surface area contributed by atoms with E-state index in [1.54, 1.807) is 6.07 Å². The monoisotopic (exact) mass is 269 g/mol. The summed E-state index contributed by atoms with van der Waals surface area (Å²) >= 11 is 0. The van der Waals surface area contributed by atoms with Crippen LogP contribution >= 0.6 is 0 Å². The van der Waals surface area contributed by atoms with Crippen LogP contribution in [0.2, 0.25) is 0 Å². The molecular formula is C15H15N3O2. The maximum atomic E-state index is 10.8. The van der Waals surface area contributed by atoms with Gasteiger partial charge in [0, 0.05) is 12.1 Å². The number of aryl methyl sites for hydroxylation is 1. The molecule has 5 nitrogen and oxygen atoms in total. The van der Waals surface area contributed by atoms with Crippen molar-refractivity contribution in [3.8, 4) is 0 Å². The van der Waals surface area contributed by atoms with E-state index in [9.17, 15) is 10.1 Å². The van der Waals surface area contributed by atoms with Gasteiger partial charge in [0.1, 0.15) is 0 Å². The number of nitro benzene ring substituents is 1. The molecule has 0 aliphatic heterocycles. The molecule has 0 aliphatic rings. The van der Waals surface area contributed by atoms with E-state index in [-0.39, 0.29) is 11.7 Å². The van der Waals surface area contributed by atoms with Crippen molar-refractivity contribution < 1.29 is 4.92 Å². The number of rotatable bonds is 4. The molecule has 2 aromatic carbocycles. The van der Waals surface area contributed by atoms with E-state index in [0.717, 1.165) is 16.8 Å². The Bertz CT molecular complexity index is 653. The first-order chi connectivity index (χ1) is 9.58. The SMILES string of the molecule is Cc1ccccc1N=NC(C)c1cccc([N+](=O)[O-])c1. The number of hydrogen-bond donors (Lipinski definition) is 0. The second-order valence-electron chi connectivity index (χ2n) is 4.53. The molecule has 1 unspecified atom stereocenters. The molecule has 0 amide bonds. The molecule has 0 aliphatic carbocycles. The lowest BCUT2D eigenvalue weighted by Gasteiger charge is -2.05. The third kappa shape index (κ3) is 3.26. The molecule has 1 atom stereocenters. The van der Waals surface area contributed by atoms with E-state index < -0.39 is 4.92 Å². The van der Waals surface area contributed by atoms with Gasteiger partial charge in [0.15, 0.2) is 0 Å². The van der Waals surface area contributed by atoms with Gasteiger partial charge in [-0.3, -0.25) is 10.1 Å². The zero-order chi connectivity index (χ0) is 14.5. The molecule has 0 radical (unpaired) electrons. The summed E-state index contributed by atoms with van der Waals surface area (Å²) < 4.78 is 0. The zero-order valence-corrected chi connectivity index (χ0v) is 11.4. The summed E-state index contributed by atoms with van der Waals surface area (Å²) in [5, 5.41) is 19.2. The maximum Gasteiger partial charge on any atom is 0.269 e. The lowest BCUT2D eigenvalue weighted by molar-refractivity contribution is -0.384. The average Bonchev–Trinajstić information content (AvgIpc) is 2.46. The number of azo groups is 1. The summed E-state index contributed by atoms with van der Waals surface area (Å²) in [6.07, 6.45) is 0. The summed E-state index contributed by atoms with van der Waals surface area (Å²) in [6.45, 7) is 3.83. The van der Waals surface area contributed by atoms with Gasteiger partial charge in [-0.25, -0.2) is 0 Å². The van der Waals surface area contributed by atoms with Crippen LogP contribution in [0.3, 0.4) is 0 Å². The molecular weight excluding hydrogens is 254 g/mol. The van der Waals surface area contributed by atoms with Crippen LogP contribution in [0.25, 0.3) is 0 Å². The topological polar surface area (TPSA) is 67.9 Å². The fourth-order valence-electron chi connectivity index (χ4n) is 1.79. The first-order valence-corrected chi connectivity index (χ1v) is 6.29. The quantitative estimate of drug-likeness (QED) is 0.456. The summed E-state index contributed by atoms with van der Waals surface area (Å²) in [4.78, 5) is 10.3. The van der Waals surface area contributed by atoms with Gasteiger partial charge in [-0.2, -0.15) is 10.2 Å². The Kier molecular flexibility index (Phi) is 4.20. The van der Waals surface area contributed by atoms with Crippen LogP contribution < -0.4 is 0 Å². The normalized spacial score (nSPS) is 12.5. The van der Waals surface area contributed by atoms with E-state index in [0.29, 0.717) is 0 Å². The summed E-state index contributed by atoms with van der Waals surface area (Å²) in [5.74, 6) is 0. The molecule has 5 heteroatoms. The highest BCUT2D eigenvalue weighted by Crippen LogP contribution is 2.24. The highest BCUT2D eigenvalue weighted by molar-refractivity contribution is 5.44. The van der Waals surface area contributed by atoms with Gasteiger partial charge in [0.25, 0.3) is 5.69 Å². The minimum Gasteiger partial charge on any atom is -0.258 e. The minimum absolute atomic E-state index is 0.0699. The lowest BCUT2D eigenvalue weighted by Crippen LogP contribution is -1.92. The molecule has 20 heavy (non-hydrogen) atoms. The predicted molar refractivity (Wildman–Crippen MR) is 77.2 cm³/mol. The first-order valence-electron chi connectivity index (χ1n) is 6.29. The van der Waals surface area contributed by atoms with Gasteiger partial charge in [-0.1, -0.05) is 30.3 Å². The molecule has 2 rings (SSSR count). The van der Waals surface area contributed by atoms with Crippen LogP contribution in [0.5, 0.6) is 0 Å². The van der Waals surface area contributed by atoms with Crippen LogP contribution in [0.15, 0.2) is 58.8 Å². The van der Waals surface area contributed by atoms with Crippen LogP contribution in [0.1, 0.15) is 24.1 Å². The Morgan fingerprint density at radius 1 is 1.15 bits per heavy atom. The standard InChI is InChI=1S/C15H15N3O2/c1-11-6-3-4-9-15(11)17-16-12(2)13-7-5-8-14(10-13)18(19)20/h3-10,12H,1-2H3. The fourth-order valence-corrected chi connectivity index (χ4v) is 1.79. The Labute approximate surface area is 117 Å². The van der Waals surface area contributed by atoms with Crippen molar-refractivity contribution >= 4 is 11.4 Å². The Morgan fingerprint density at radius 3 is 2.60 bits per heavy atom. The molecule has 0 fully saturated rings. The molecule has 0 spiro atoms. The third-order valence-corrected chi connectivity index (χ3v) is 3.02. The van der Waals surface area contributed by atoms with E-state index >= 15 is 0 Å². The first kappa shape index (κ1) is 13.9. The van der Waals surface area contributed by atoms with Crippen molar-refractivity contribution in [1.29, 1.82) is 0 Å². The molecule has 0 heterocycles. The van der Waals surface area contributed by atoms with Gasteiger partial charge >= 0.3 is 0 Å². The fraction of sp³-hybridized carbons (Fsp3) is 0.200. The molecule has 0 saturated carbocycles. The van der Waals surface area contributed by atoms with Crippen molar-refractivity contribution in [1.82, 2.24) is 0 Å². The Morgan fingerprint density at radius 2 is 1.90 bits per heavy atom. The van der Waals surface area contributed by atoms with Gasteiger partial charge in [0.2, 0.25) is 0 Å². The summed E-state index contributed by atoms with van der Waals surface area (Å²) in [7, 11) is 0. The van der Waals surface area contributed by atoms with E-state index in [1.807, 2.05) is 44.2 Å². The van der Waals surface area contributed by atoms with E-state index in [4.69, 9.17) is 0 Å². The van der Waals surface area contributed by atoms with E-state index in [2.05, 4.69) is 10.2 Å². The number of nitro groups is 1. The number of non-ortho nitro benzene ring substituents is 1. The van der Waals surface area contributed by atoms with Crippen LogP contribution in [0.4, 0.5) is 11.4 Å². The molecule has 0 saturated heterocycles. The van der Waals surface area contributed by atoms with Crippen molar-refractivity contribution in [3.63, 3.8) is 0 Å². The molecule has 102 valence electrons. The van der Waals surface area contributed by atoms with Crippen LogP contribution in [-0.2, 0) is 0 Å². The van der Waals surface area contributed by atoms with Gasteiger partial charge in [-0.05, 0) is 31.0 Å². The maximum absolute atomic E-state index is 10.8. The van der Waals surface area contributed by atoms with Crippen molar-refractivity contribution in [2.24, 2.45) is 10.2 Å². The number of hydrogen-bond acceptors (Lipinski definition) is 4. The van der Waals surface area contributed by atoms with Crippen molar-refractivity contribution in [2.45, 2.75) is 19.9 Å². The predicted octanol–water partition coefficient (Wildman–Crippen LogP) is 4.75. The van der Waals surface area contributed by atoms with Gasteiger partial charge < -0.3 is 0 Å². The highest BCUT2D eigenvalue weighted by atomic mass is 16.6. The second kappa shape index (κ2) is 6.06. The average molecular weight is 269 g/mol. The van der Waals surface area contributed by atoms with Gasteiger partial charge in [0.05, 0.1) is 16.7 Å². The zero-order valence-electron chi connectivity index (χ0n) is 11.4. The minimum atomic E-state index is -0.408. The third-order valence-electron chi connectivity index (χ3n) is 3.02. The molecule has 0 aromatic heterocycles. The molecule has 0 bridgehead atoms. The Balaban J connectivity index is 2.20.